The van der Waals surface area contributed by atoms with Crippen LogP contribution in [0.3, 0.4) is 0 Å². The molecule has 1 nitrogen and oxygen atoms in total. The van der Waals surface area contributed by atoms with Gasteiger partial charge in [-0.15, -0.1) is 0 Å². The predicted molar refractivity (Wildman–Crippen MR) is 55.9 cm³/mol. The van der Waals surface area contributed by atoms with E-state index in [2.05, 4.69) is 0 Å². The normalized spacial score (nSPS) is 11.7. The fourth-order valence-corrected chi connectivity index (χ4v) is 1.54. The molecule has 0 aliphatic carbocycles. The Bertz CT molecular complexity index is 262. The van der Waals surface area contributed by atoms with E-state index in [1.54, 1.807) is 0 Å². The van der Waals surface area contributed by atoms with Crippen molar-refractivity contribution in [3.8, 4) is 0 Å². The quantitative estimate of drug-likeness (QED) is 0.790. The van der Waals surface area contributed by atoms with Gasteiger partial charge < -0.3 is 5.11 Å². The van der Waals surface area contributed by atoms with Crippen LogP contribution in [0, 0.1) is 0 Å². The molecule has 0 atom stereocenters. The molecule has 13 heavy (non-hydrogen) atoms. The fourth-order valence-electron chi connectivity index (χ4n) is 1.42. The molecule has 0 saturated heterocycles. The van der Waals surface area contributed by atoms with Gasteiger partial charge in [0.1, 0.15) is 0 Å². The second-order valence-corrected chi connectivity index (χ2v) is 3.68. The number of hydrogen-bond donors (Lipinski definition) is 1. The van der Waals surface area contributed by atoms with Crippen molar-refractivity contribution in [2.45, 2.75) is 32.3 Å². The van der Waals surface area contributed by atoms with Gasteiger partial charge in [0.05, 0.1) is 5.60 Å². The van der Waals surface area contributed by atoms with Crippen LogP contribution in [0.2, 0.25) is 5.02 Å². The lowest BCUT2D eigenvalue weighted by Gasteiger charge is -2.25. The Morgan fingerprint density at radius 1 is 1.15 bits per heavy atom. The maximum Gasteiger partial charge on any atom is 0.0891 e. The monoisotopic (exact) mass is 198 g/mol. The zero-order valence-electron chi connectivity index (χ0n) is 8.05. The summed E-state index contributed by atoms with van der Waals surface area (Å²) in [5.74, 6) is 0. The first-order chi connectivity index (χ1) is 6.12. The maximum absolute atomic E-state index is 10.1. The van der Waals surface area contributed by atoms with Gasteiger partial charge in [-0.05, 0) is 30.5 Å². The van der Waals surface area contributed by atoms with Gasteiger partial charge in [-0.1, -0.05) is 37.6 Å². The molecule has 0 unspecified atom stereocenters. The third-order valence-corrected chi connectivity index (χ3v) is 2.80. The average Bonchev–Trinajstić information content (AvgIpc) is 2.18. The van der Waals surface area contributed by atoms with Gasteiger partial charge >= 0.3 is 0 Å². The summed E-state index contributed by atoms with van der Waals surface area (Å²) in [5.41, 5.74) is 0.256. The smallest absolute Gasteiger partial charge is 0.0891 e. The van der Waals surface area contributed by atoms with Gasteiger partial charge in [-0.2, -0.15) is 0 Å². The standard InChI is InChI=1S/C11H15ClO/c1-3-11(13,4-2)9-5-7-10(12)8-6-9/h5-8,13H,3-4H2,1-2H3. The van der Waals surface area contributed by atoms with E-state index in [4.69, 9.17) is 11.6 Å². The molecule has 1 N–H and O–H groups in total. The Kier molecular flexibility index (Phi) is 3.34. The van der Waals surface area contributed by atoms with Gasteiger partial charge in [0.2, 0.25) is 0 Å². The van der Waals surface area contributed by atoms with Crippen LogP contribution >= 0.6 is 11.6 Å². The molecule has 0 aromatic heterocycles. The molecule has 0 saturated carbocycles. The van der Waals surface area contributed by atoms with E-state index >= 15 is 0 Å². The molecular weight excluding hydrogens is 184 g/mol. The summed E-state index contributed by atoms with van der Waals surface area (Å²) in [5, 5.41) is 10.9. The van der Waals surface area contributed by atoms with Gasteiger partial charge in [0.15, 0.2) is 0 Å². The van der Waals surface area contributed by atoms with Crippen molar-refractivity contribution in [1.82, 2.24) is 0 Å². The molecule has 0 fully saturated rings. The first-order valence-electron chi connectivity index (χ1n) is 4.61. The largest absolute Gasteiger partial charge is 0.385 e. The van der Waals surface area contributed by atoms with Crippen LogP contribution in [0.15, 0.2) is 24.3 Å². The molecular formula is C11H15ClO. The van der Waals surface area contributed by atoms with E-state index in [0.717, 1.165) is 18.4 Å². The third kappa shape index (κ3) is 2.23. The van der Waals surface area contributed by atoms with Gasteiger partial charge in [0, 0.05) is 5.02 Å². The Hall–Kier alpha value is -0.530. The molecule has 0 aliphatic rings. The highest BCUT2D eigenvalue weighted by molar-refractivity contribution is 6.30. The topological polar surface area (TPSA) is 20.2 Å². The fraction of sp³-hybridized carbons (Fsp3) is 0.455. The molecule has 2 heteroatoms. The average molecular weight is 199 g/mol. The van der Waals surface area contributed by atoms with Crippen molar-refractivity contribution in [2.75, 3.05) is 0 Å². The summed E-state index contributed by atoms with van der Waals surface area (Å²) in [6.45, 7) is 3.97. The summed E-state index contributed by atoms with van der Waals surface area (Å²) in [4.78, 5) is 0. The second kappa shape index (κ2) is 4.12. The molecule has 72 valence electrons. The van der Waals surface area contributed by atoms with E-state index in [0.29, 0.717) is 5.02 Å². The lowest BCUT2D eigenvalue weighted by atomic mass is 9.89. The zero-order valence-corrected chi connectivity index (χ0v) is 8.80. The predicted octanol–water partition coefficient (Wildman–Crippen LogP) is 3.35. The van der Waals surface area contributed by atoms with Crippen LogP contribution in [-0.2, 0) is 5.60 Å². The molecule has 0 spiro atoms. The summed E-state index contributed by atoms with van der Waals surface area (Å²) >= 11 is 5.77. The van der Waals surface area contributed by atoms with E-state index in [9.17, 15) is 5.11 Å². The Morgan fingerprint density at radius 3 is 2.00 bits per heavy atom. The lowest BCUT2D eigenvalue weighted by molar-refractivity contribution is 0.0284. The van der Waals surface area contributed by atoms with Crippen molar-refractivity contribution >= 4 is 11.6 Å². The zero-order chi connectivity index (χ0) is 9.90. The van der Waals surface area contributed by atoms with Gasteiger partial charge in [-0.3, -0.25) is 0 Å². The van der Waals surface area contributed by atoms with Gasteiger partial charge in [0.25, 0.3) is 0 Å². The van der Waals surface area contributed by atoms with E-state index < -0.39 is 5.60 Å². The minimum absolute atomic E-state index is 0.690. The molecule has 0 aliphatic heterocycles. The highest BCUT2D eigenvalue weighted by Crippen LogP contribution is 2.28. The summed E-state index contributed by atoms with van der Waals surface area (Å²) in [6, 6.07) is 7.39. The molecule has 0 amide bonds. The maximum atomic E-state index is 10.1. The Balaban J connectivity index is 2.99. The summed E-state index contributed by atoms with van der Waals surface area (Å²) in [7, 11) is 0. The molecule has 1 aromatic carbocycles. The van der Waals surface area contributed by atoms with Crippen molar-refractivity contribution in [2.24, 2.45) is 0 Å². The number of halogens is 1. The van der Waals surface area contributed by atoms with Crippen LogP contribution in [-0.4, -0.2) is 5.11 Å². The van der Waals surface area contributed by atoms with E-state index in [1.165, 1.54) is 0 Å². The minimum atomic E-state index is -0.690. The highest BCUT2D eigenvalue weighted by atomic mass is 35.5. The SMILES string of the molecule is CCC(O)(CC)c1ccc(Cl)cc1. The highest BCUT2D eigenvalue weighted by Gasteiger charge is 2.24. The van der Waals surface area contributed by atoms with E-state index in [-0.39, 0.29) is 0 Å². The number of rotatable bonds is 3. The van der Waals surface area contributed by atoms with Crippen molar-refractivity contribution < 1.29 is 5.11 Å². The van der Waals surface area contributed by atoms with Gasteiger partial charge in [-0.25, -0.2) is 0 Å². The van der Waals surface area contributed by atoms with E-state index in [1.807, 2.05) is 38.1 Å². The van der Waals surface area contributed by atoms with Crippen LogP contribution in [0.4, 0.5) is 0 Å². The first kappa shape index (κ1) is 10.6. The van der Waals surface area contributed by atoms with Crippen molar-refractivity contribution in [1.29, 1.82) is 0 Å². The number of hydrogen-bond acceptors (Lipinski definition) is 1. The number of benzene rings is 1. The minimum Gasteiger partial charge on any atom is -0.385 e. The van der Waals surface area contributed by atoms with Crippen molar-refractivity contribution in [3.05, 3.63) is 34.9 Å². The van der Waals surface area contributed by atoms with Crippen molar-refractivity contribution in [3.63, 3.8) is 0 Å². The lowest BCUT2D eigenvalue weighted by Crippen LogP contribution is -2.23. The van der Waals surface area contributed by atoms with Crippen LogP contribution in [0.25, 0.3) is 0 Å². The third-order valence-electron chi connectivity index (χ3n) is 2.55. The van der Waals surface area contributed by atoms with Crippen LogP contribution < -0.4 is 0 Å². The molecule has 0 heterocycles. The molecule has 1 rings (SSSR count). The summed E-state index contributed by atoms with van der Waals surface area (Å²) < 4.78 is 0. The van der Waals surface area contributed by atoms with Crippen LogP contribution in [0.1, 0.15) is 32.3 Å². The molecule has 0 bridgehead atoms. The molecule has 1 aromatic rings. The number of aliphatic hydroxyl groups is 1. The summed E-state index contributed by atoms with van der Waals surface area (Å²) in [6.07, 6.45) is 1.45. The molecule has 0 radical (unpaired) electrons. The Morgan fingerprint density at radius 2 is 1.62 bits per heavy atom. The Labute approximate surface area is 84.4 Å². The second-order valence-electron chi connectivity index (χ2n) is 3.25. The first-order valence-corrected chi connectivity index (χ1v) is 4.98. The van der Waals surface area contributed by atoms with Crippen LogP contribution in [0.5, 0.6) is 0 Å².